The number of piperazine rings is 1. The summed E-state index contributed by atoms with van der Waals surface area (Å²) in [6.07, 6.45) is 1.46. The molecule has 0 aromatic heterocycles. The molecule has 25 heavy (non-hydrogen) atoms. The molecule has 0 unspecified atom stereocenters. The first-order valence-corrected chi connectivity index (χ1v) is 8.89. The number of anilines is 1. The van der Waals surface area contributed by atoms with Crippen molar-refractivity contribution in [1.82, 2.24) is 4.90 Å². The predicted octanol–water partition coefficient (Wildman–Crippen LogP) is 0.324. The molecular formula is C17H22ClFN3O3+. The van der Waals surface area contributed by atoms with E-state index in [1.807, 2.05) is 4.90 Å². The number of quaternary nitrogens is 1. The lowest BCUT2D eigenvalue weighted by atomic mass is 10.2. The summed E-state index contributed by atoms with van der Waals surface area (Å²) in [5.41, 5.74) is 0.475. The average molecular weight is 371 g/mol. The van der Waals surface area contributed by atoms with E-state index in [9.17, 15) is 14.0 Å². The Bertz CT molecular complexity index is 644. The van der Waals surface area contributed by atoms with E-state index in [1.165, 1.54) is 18.2 Å². The third kappa shape index (κ3) is 4.68. The van der Waals surface area contributed by atoms with Gasteiger partial charge in [0, 0.05) is 12.3 Å². The third-order valence-corrected chi connectivity index (χ3v) is 4.89. The molecule has 1 atom stereocenters. The van der Waals surface area contributed by atoms with Crippen LogP contribution in [0.25, 0.3) is 0 Å². The standard InChI is InChI=1S/C17H21ClFN3O3/c18-13-10-12(3-4-14(13)19)20-16(23)11-21-5-7-22(8-6-21)17(24)15-2-1-9-25-15/h3-4,10,15H,1-2,5-9,11H2,(H,20,23)/p+1/t15-/m1/s1. The highest BCUT2D eigenvalue weighted by atomic mass is 35.5. The summed E-state index contributed by atoms with van der Waals surface area (Å²) in [6, 6.07) is 4.09. The number of ether oxygens (including phenoxy) is 1. The highest BCUT2D eigenvalue weighted by molar-refractivity contribution is 6.31. The number of nitrogens with one attached hydrogen (secondary N) is 2. The topological polar surface area (TPSA) is 63.1 Å². The van der Waals surface area contributed by atoms with Crippen LogP contribution in [0.2, 0.25) is 5.02 Å². The Balaban J connectivity index is 1.44. The molecule has 6 nitrogen and oxygen atoms in total. The Morgan fingerprint density at radius 1 is 1.36 bits per heavy atom. The number of hydrogen-bond donors (Lipinski definition) is 2. The molecular weight excluding hydrogens is 349 g/mol. The maximum absolute atomic E-state index is 13.1. The lowest BCUT2D eigenvalue weighted by Crippen LogP contribution is -3.15. The quantitative estimate of drug-likeness (QED) is 0.802. The zero-order valence-corrected chi connectivity index (χ0v) is 14.7. The van der Waals surface area contributed by atoms with Gasteiger partial charge in [0.15, 0.2) is 6.54 Å². The van der Waals surface area contributed by atoms with E-state index in [1.54, 1.807) is 0 Å². The summed E-state index contributed by atoms with van der Waals surface area (Å²) in [5.74, 6) is -0.601. The van der Waals surface area contributed by atoms with Crippen molar-refractivity contribution in [1.29, 1.82) is 0 Å². The lowest BCUT2D eigenvalue weighted by Gasteiger charge is -2.33. The molecule has 0 radical (unpaired) electrons. The largest absolute Gasteiger partial charge is 0.368 e. The van der Waals surface area contributed by atoms with Crippen LogP contribution in [0.15, 0.2) is 18.2 Å². The fourth-order valence-electron chi connectivity index (χ4n) is 3.20. The van der Waals surface area contributed by atoms with E-state index in [4.69, 9.17) is 16.3 Å². The molecule has 0 spiro atoms. The van der Waals surface area contributed by atoms with Gasteiger partial charge in [-0.2, -0.15) is 0 Å². The van der Waals surface area contributed by atoms with Crippen molar-refractivity contribution >= 4 is 29.1 Å². The van der Waals surface area contributed by atoms with Gasteiger partial charge in [-0.25, -0.2) is 4.39 Å². The zero-order valence-electron chi connectivity index (χ0n) is 13.9. The van der Waals surface area contributed by atoms with Crippen molar-refractivity contribution in [2.75, 3.05) is 44.6 Å². The summed E-state index contributed by atoms with van der Waals surface area (Å²) >= 11 is 5.71. The van der Waals surface area contributed by atoms with Crippen molar-refractivity contribution in [3.8, 4) is 0 Å². The van der Waals surface area contributed by atoms with Crippen LogP contribution in [0, 0.1) is 5.82 Å². The normalized spacial score (nSPS) is 21.4. The summed E-state index contributed by atoms with van der Waals surface area (Å²) in [6.45, 7) is 3.66. The second-order valence-electron chi connectivity index (χ2n) is 6.43. The number of hydrogen-bond acceptors (Lipinski definition) is 3. The van der Waals surface area contributed by atoms with Crippen LogP contribution in [0.3, 0.4) is 0 Å². The molecule has 2 N–H and O–H groups in total. The van der Waals surface area contributed by atoms with Gasteiger partial charge in [-0.3, -0.25) is 9.59 Å². The number of amides is 2. The summed E-state index contributed by atoms with van der Waals surface area (Å²) < 4.78 is 18.6. The Labute approximate surface area is 150 Å². The SMILES string of the molecule is O=C(C[NH+]1CCN(C(=O)[C@H]2CCCO2)CC1)Nc1ccc(F)c(Cl)c1. The fraction of sp³-hybridized carbons (Fsp3) is 0.529. The Morgan fingerprint density at radius 2 is 2.12 bits per heavy atom. The first kappa shape index (κ1) is 18.1. The number of halogens is 2. The molecule has 2 aliphatic rings. The van der Waals surface area contributed by atoms with Crippen LogP contribution in [0.5, 0.6) is 0 Å². The van der Waals surface area contributed by atoms with Crippen LogP contribution in [-0.4, -0.2) is 62.1 Å². The monoisotopic (exact) mass is 370 g/mol. The van der Waals surface area contributed by atoms with E-state index < -0.39 is 5.82 Å². The van der Waals surface area contributed by atoms with E-state index in [0.29, 0.717) is 31.9 Å². The molecule has 8 heteroatoms. The minimum Gasteiger partial charge on any atom is -0.368 e. The number of carbonyl (C=O) groups excluding carboxylic acids is 2. The van der Waals surface area contributed by atoms with Crippen molar-refractivity contribution in [2.45, 2.75) is 18.9 Å². The van der Waals surface area contributed by atoms with Crippen LogP contribution < -0.4 is 10.2 Å². The smallest absolute Gasteiger partial charge is 0.279 e. The zero-order chi connectivity index (χ0) is 17.8. The molecule has 136 valence electrons. The number of benzene rings is 1. The minimum absolute atomic E-state index is 0.0218. The average Bonchev–Trinajstić information content (AvgIpc) is 3.13. The van der Waals surface area contributed by atoms with Crippen LogP contribution in [-0.2, 0) is 14.3 Å². The summed E-state index contributed by atoms with van der Waals surface area (Å²) in [5, 5.41) is 2.70. The fourth-order valence-corrected chi connectivity index (χ4v) is 3.38. The van der Waals surface area contributed by atoms with E-state index >= 15 is 0 Å². The van der Waals surface area contributed by atoms with Gasteiger partial charge < -0.3 is 19.9 Å². The van der Waals surface area contributed by atoms with E-state index in [-0.39, 0.29) is 22.9 Å². The summed E-state index contributed by atoms with van der Waals surface area (Å²) in [4.78, 5) is 27.4. The highest BCUT2D eigenvalue weighted by Gasteiger charge is 2.31. The molecule has 2 amide bonds. The van der Waals surface area contributed by atoms with Crippen molar-refractivity contribution < 1.29 is 23.6 Å². The molecule has 3 rings (SSSR count). The maximum atomic E-state index is 13.1. The molecule has 0 aliphatic carbocycles. The van der Waals surface area contributed by atoms with Crippen molar-refractivity contribution in [2.24, 2.45) is 0 Å². The minimum atomic E-state index is -0.516. The Kier molecular flexibility index (Phi) is 5.88. The van der Waals surface area contributed by atoms with E-state index in [0.717, 1.165) is 30.8 Å². The molecule has 2 fully saturated rings. The molecule has 0 saturated carbocycles. The lowest BCUT2D eigenvalue weighted by molar-refractivity contribution is -0.895. The molecule has 2 aliphatic heterocycles. The molecule has 1 aromatic rings. The second-order valence-corrected chi connectivity index (χ2v) is 6.84. The van der Waals surface area contributed by atoms with Gasteiger partial charge >= 0.3 is 0 Å². The second kappa shape index (κ2) is 8.12. The number of nitrogens with zero attached hydrogens (tertiary/aromatic N) is 1. The van der Waals surface area contributed by atoms with Gasteiger partial charge in [0.25, 0.3) is 11.8 Å². The van der Waals surface area contributed by atoms with Gasteiger partial charge in [0.2, 0.25) is 0 Å². The van der Waals surface area contributed by atoms with Gasteiger partial charge in [-0.05, 0) is 31.0 Å². The molecule has 2 heterocycles. The molecule has 1 aromatic carbocycles. The van der Waals surface area contributed by atoms with Crippen LogP contribution in [0.1, 0.15) is 12.8 Å². The number of rotatable bonds is 4. The van der Waals surface area contributed by atoms with Gasteiger partial charge in [-0.15, -0.1) is 0 Å². The highest BCUT2D eigenvalue weighted by Crippen LogP contribution is 2.19. The van der Waals surface area contributed by atoms with E-state index in [2.05, 4.69) is 5.32 Å². The Hall–Kier alpha value is -1.70. The molecule has 0 bridgehead atoms. The maximum Gasteiger partial charge on any atom is 0.279 e. The first-order chi connectivity index (χ1) is 12.0. The van der Waals surface area contributed by atoms with Gasteiger partial charge in [-0.1, -0.05) is 11.6 Å². The Morgan fingerprint density at radius 3 is 2.76 bits per heavy atom. The first-order valence-electron chi connectivity index (χ1n) is 8.52. The van der Waals surface area contributed by atoms with Gasteiger partial charge in [0.05, 0.1) is 31.2 Å². The van der Waals surface area contributed by atoms with Crippen molar-refractivity contribution in [3.63, 3.8) is 0 Å². The predicted molar refractivity (Wildman–Crippen MR) is 91.2 cm³/mol. The summed E-state index contributed by atoms with van der Waals surface area (Å²) in [7, 11) is 0. The number of carbonyl (C=O) groups is 2. The third-order valence-electron chi connectivity index (χ3n) is 4.60. The van der Waals surface area contributed by atoms with Crippen LogP contribution >= 0.6 is 11.6 Å². The molecule has 2 saturated heterocycles. The van der Waals surface area contributed by atoms with Gasteiger partial charge in [0.1, 0.15) is 11.9 Å². The van der Waals surface area contributed by atoms with Crippen molar-refractivity contribution in [3.05, 3.63) is 29.0 Å². The van der Waals surface area contributed by atoms with Crippen LogP contribution in [0.4, 0.5) is 10.1 Å².